The van der Waals surface area contributed by atoms with Crippen molar-refractivity contribution in [1.82, 2.24) is 23.8 Å². The van der Waals surface area contributed by atoms with Gasteiger partial charge in [0.25, 0.3) is 0 Å². The Morgan fingerprint density at radius 3 is 2.52 bits per heavy atom. The van der Waals surface area contributed by atoms with Gasteiger partial charge in [-0.3, -0.25) is 4.57 Å². The first-order chi connectivity index (χ1) is 13.9. The summed E-state index contributed by atoms with van der Waals surface area (Å²) in [7, 11) is -3.52. The van der Waals surface area contributed by atoms with Crippen LogP contribution in [0, 0.1) is 12.7 Å². The standard InChI is InChI=1S/C19H21FN6O2S/c1-15-22-18(12-19(23-15)25-6-5-21-14-25)24-7-9-26(10-8-24)29(27,28)13-16-3-2-4-17(20)11-16/h2-6,11-12,14H,7-10,13H2,1H3. The van der Waals surface area contributed by atoms with Crippen molar-refractivity contribution >= 4 is 15.8 Å². The molecule has 2 aromatic heterocycles. The Kier molecular flexibility index (Phi) is 5.29. The van der Waals surface area contributed by atoms with Crippen molar-refractivity contribution in [3.05, 3.63) is 66.3 Å². The summed E-state index contributed by atoms with van der Waals surface area (Å²) in [4.78, 5) is 15.0. The smallest absolute Gasteiger partial charge is 0.218 e. The van der Waals surface area contributed by atoms with Crippen molar-refractivity contribution in [3.63, 3.8) is 0 Å². The second-order valence-electron chi connectivity index (χ2n) is 6.87. The van der Waals surface area contributed by atoms with Gasteiger partial charge in [-0.05, 0) is 24.6 Å². The van der Waals surface area contributed by atoms with Crippen LogP contribution in [-0.2, 0) is 15.8 Å². The quantitative estimate of drug-likeness (QED) is 0.630. The molecule has 0 bridgehead atoms. The van der Waals surface area contributed by atoms with Crippen molar-refractivity contribution in [2.75, 3.05) is 31.1 Å². The van der Waals surface area contributed by atoms with Gasteiger partial charge in [0.2, 0.25) is 10.0 Å². The lowest BCUT2D eigenvalue weighted by molar-refractivity contribution is 0.383. The fourth-order valence-corrected chi connectivity index (χ4v) is 4.85. The lowest BCUT2D eigenvalue weighted by atomic mass is 10.2. The molecule has 8 nitrogen and oxygen atoms in total. The third-order valence-electron chi connectivity index (χ3n) is 4.77. The first kappa shape index (κ1) is 19.5. The predicted molar refractivity (Wildman–Crippen MR) is 107 cm³/mol. The van der Waals surface area contributed by atoms with E-state index >= 15 is 0 Å². The van der Waals surface area contributed by atoms with E-state index in [4.69, 9.17) is 0 Å². The van der Waals surface area contributed by atoms with Crippen LogP contribution in [-0.4, -0.2) is 58.4 Å². The number of aryl methyl sites for hydroxylation is 1. The summed E-state index contributed by atoms with van der Waals surface area (Å²) in [5.74, 6) is 1.46. The topological polar surface area (TPSA) is 84.2 Å². The van der Waals surface area contributed by atoms with E-state index in [-0.39, 0.29) is 5.75 Å². The zero-order chi connectivity index (χ0) is 20.4. The molecule has 29 heavy (non-hydrogen) atoms. The summed E-state index contributed by atoms with van der Waals surface area (Å²) >= 11 is 0. The number of sulfonamides is 1. The van der Waals surface area contributed by atoms with Gasteiger partial charge in [0.05, 0.1) is 5.75 Å². The molecule has 4 rings (SSSR count). The third kappa shape index (κ3) is 4.43. The molecule has 0 atom stereocenters. The van der Waals surface area contributed by atoms with E-state index < -0.39 is 15.8 Å². The molecule has 0 N–H and O–H groups in total. The highest BCUT2D eigenvalue weighted by Crippen LogP contribution is 2.20. The van der Waals surface area contributed by atoms with Crippen LogP contribution in [0.25, 0.3) is 5.82 Å². The SMILES string of the molecule is Cc1nc(N2CCN(S(=O)(=O)Cc3cccc(F)c3)CC2)cc(-n2ccnc2)n1. The van der Waals surface area contributed by atoms with Crippen molar-refractivity contribution in [2.45, 2.75) is 12.7 Å². The van der Waals surface area contributed by atoms with E-state index in [9.17, 15) is 12.8 Å². The highest BCUT2D eigenvalue weighted by molar-refractivity contribution is 7.88. The molecule has 1 fully saturated rings. The van der Waals surface area contributed by atoms with Gasteiger partial charge in [-0.15, -0.1) is 0 Å². The number of hydrogen-bond acceptors (Lipinski definition) is 6. The summed E-state index contributed by atoms with van der Waals surface area (Å²) in [6, 6.07) is 7.57. The maximum absolute atomic E-state index is 13.4. The van der Waals surface area contributed by atoms with E-state index in [0.717, 1.165) is 5.82 Å². The zero-order valence-corrected chi connectivity index (χ0v) is 16.8. The minimum Gasteiger partial charge on any atom is -0.354 e. The first-order valence-electron chi connectivity index (χ1n) is 9.22. The summed E-state index contributed by atoms with van der Waals surface area (Å²) in [6.45, 7) is 3.55. The number of rotatable bonds is 5. The van der Waals surface area contributed by atoms with Gasteiger partial charge in [-0.1, -0.05) is 12.1 Å². The average Bonchev–Trinajstić information content (AvgIpc) is 3.22. The molecule has 1 saturated heterocycles. The van der Waals surface area contributed by atoms with Crippen LogP contribution < -0.4 is 4.90 Å². The van der Waals surface area contributed by atoms with Crippen molar-refractivity contribution < 1.29 is 12.8 Å². The number of imidazole rings is 1. The number of nitrogens with zero attached hydrogens (tertiary/aromatic N) is 6. The van der Waals surface area contributed by atoms with E-state index in [1.54, 1.807) is 23.2 Å². The number of halogens is 1. The number of hydrogen-bond donors (Lipinski definition) is 0. The van der Waals surface area contributed by atoms with E-state index in [2.05, 4.69) is 15.0 Å². The summed E-state index contributed by atoms with van der Waals surface area (Å²) in [5, 5.41) is 0. The van der Waals surface area contributed by atoms with E-state index in [0.29, 0.717) is 43.4 Å². The molecule has 0 radical (unpaired) electrons. The number of aromatic nitrogens is 4. The summed E-state index contributed by atoms with van der Waals surface area (Å²) in [6.07, 6.45) is 5.16. The van der Waals surface area contributed by atoms with Crippen LogP contribution in [0.5, 0.6) is 0 Å². The maximum Gasteiger partial charge on any atom is 0.218 e. The van der Waals surface area contributed by atoms with Gasteiger partial charge in [0.1, 0.15) is 29.6 Å². The van der Waals surface area contributed by atoms with Crippen LogP contribution >= 0.6 is 0 Å². The van der Waals surface area contributed by atoms with Gasteiger partial charge in [-0.2, -0.15) is 4.31 Å². The Bertz CT molecular complexity index is 1100. The molecule has 152 valence electrons. The number of piperazine rings is 1. The van der Waals surface area contributed by atoms with E-state index in [1.165, 1.54) is 22.5 Å². The van der Waals surface area contributed by atoms with Gasteiger partial charge in [-0.25, -0.2) is 27.8 Å². The second-order valence-corrected chi connectivity index (χ2v) is 8.84. The molecule has 0 amide bonds. The molecule has 3 aromatic rings. The fraction of sp³-hybridized carbons (Fsp3) is 0.316. The Morgan fingerprint density at radius 1 is 1.07 bits per heavy atom. The molecular weight excluding hydrogens is 395 g/mol. The molecule has 0 saturated carbocycles. The summed E-state index contributed by atoms with van der Waals surface area (Å²) in [5.41, 5.74) is 0.448. The predicted octanol–water partition coefficient (Wildman–Crippen LogP) is 1.76. The van der Waals surface area contributed by atoms with Crippen molar-refractivity contribution in [3.8, 4) is 5.82 Å². The molecule has 0 unspecified atom stereocenters. The molecule has 3 heterocycles. The maximum atomic E-state index is 13.4. The van der Waals surface area contributed by atoms with Gasteiger partial charge >= 0.3 is 0 Å². The average molecular weight is 416 g/mol. The van der Waals surface area contributed by atoms with Crippen LogP contribution in [0.15, 0.2) is 49.1 Å². The number of benzene rings is 1. The van der Waals surface area contributed by atoms with Crippen molar-refractivity contribution in [2.24, 2.45) is 0 Å². The number of anilines is 1. The third-order valence-corrected chi connectivity index (χ3v) is 6.62. The van der Waals surface area contributed by atoms with Crippen molar-refractivity contribution in [1.29, 1.82) is 0 Å². The molecule has 10 heteroatoms. The molecule has 1 aliphatic rings. The molecule has 1 aromatic carbocycles. The summed E-state index contributed by atoms with van der Waals surface area (Å²) < 4.78 is 42.1. The second kappa shape index (κ2) is 7.88. The van der Waals surface area contributed by atoms with Gasteiger partial charge < -0.3 is 4.90 Å². The lowest BCUT2D eigenvalue weighted by Crippen LogP contribution is -2.49. The highest BCUT2D eigenvalue weighted by atomic mass is 32.2. The fourth-order valence-electron chi connectivity index (χ4n) is 3.35. The zero-order valence-electron chi connectivity index (χ0n) is 15.9. The molecular formula is C19H21FN6O2S. The Hall–Kier alpha value is -2.85. The Labute approximate surface area is 168 Å². The van der Waals surface area contributed by atoms with Gasteiger partial charge in [0, 0.05) is 44.6 Å². The van der Waals surface area contributed by atoms with Crippen LogP contribution in [0.3, 0.4) is 0 Å². The van der Waals surface area contributed by atoms with Crippen LogP contribution in [0.2, 0.25) is 0 Å². The van der Waals surface area contributed by atoms with Crippen LogP contribution in [0.4, 0.5) is 10.2 Å². The monoisotopic (exact) mass is 416 g/mol. The molecule has 0 spiro atoms. The largest absolute Gasteiger partial charge is 0.354 e. The molecule has 1 aliphatic heterocycles. The lowest BCUT2D eigenvalue weighted by Gasteiger charge is -2.34. The minimum atomic E-state index is -3.52. The molecule has 0 aliphatic carbocycles. The minimum absolute atomic E-state index is 0.206. The van der Waals surface area contributed by atoms with Gasteiger partial charge in [0.15, 0.2) is 0 Å². The Morgan fingerprint density at radius 2 is 1.83 bits per heavy atom. The Balaban J connectivity index is 1.45. The highest BCUT2D eigenvalue weighted by Gasteiger charge is 2.28. The van der Waals surface area contributed by atoms with Crippen LogP contribution in [0.1, 0.15) is 11.4 Å². The first-order valence-corrected chi connectivity index (χ1v) is 10.8. The van der Waals surface area contributed by atoms with E-state index in [1.807, 2.05) is 24.1 Å². The normalized spacial score (nSPS) is 15.6.